The number of imidazole rings is 1. The highest BCUT2D eigenvalue weighted by Gasteiger charge is 2.30. The number of aryl methyl sites for hydroxylation is 1. The lowest BCUT2D eigenvalue weighted by Crippen LogP contribution is -2.50. The van der Waals surface area contributed by atoms with E-state index in [1.54, 1.807) is 19.5 Å². The number of carbonyl (C=O) groups is 1. The number of methoxy groups -OCH3 is 1. The van der Waals surface area contributed by atoms with E-state index in [1.807, 2.05) is 54.4 Å². The van der Waals surface area contributed by atoms with Crippen LogP contribution in [-0.2, 0) is 13.6 Å². The monoisotopic (exact) mass is 660 g/mol. The number of likely N-dealkylation sites (tertiary alicyclic amines) is 1. The molecule has 2 atom stereocenters. The van der Waals surface area contributed by atoms with Crippen LogP contribution in [0.25, 0.3) is 56.1 Å². The van der Waals surface area contributed by atoms with Gasteiger partial charge >= 0.3 is 0 Å². The molecular formula is C37H37ClN8O2. The summed E-state index contributed by atoms with van der Waals surface area (Å²) in [6.07, 6.45) is 7.61. The van der Waals surface area contributed by atoms with Gasteiger partial charge in [-0.2, -0.15) is 0 Å². The van der Waals surface area contributed by atoms with E-state index in [9.17, 15) is 4.79 Å². The predicted octanol–water partition coefficient (Wildman–Crippen LogP) is 6.74. The van der Waals surface area contributed by atoms with Crippen molar-refractivity contribution in [3.63, 3.8) is 0 Å². The van der Waals surface area contributed by atoms with E-state index in [4.69, 9.17) is 32.0 Å². The summed E-state index contributed by atoms with van der Waals surface area (Å²) >= 11 is 6.50. The van der Waals surface area contributed by atoms with Crippen molar-refractivity contribution < 1.29 is 9.53 Å². The maximum atomic E-state index is 13.8. The molecule has 1 saturated carbocycles. The number of aromatic nitrogens is 6. The van der Waals surface area contributed by atoms with Gasteiger partial charge in [-0.15, -0.1) is 0 Å². The Morgan fingerprint density at radius 3 is 2.56 bits per heavy atom. The first-order valence-electron chi connectivity index (χ1n) is 16.5. The number of benzene rings is 1. The van der Waals surface area contributed by atoms with Gasteiger partial charge in [-0.3, -0.25) is 9.78 Å². The van der Waals surface area contributed by atoms with Gasteiger partial charge in [0.05, 0.1) is 29.7 Å². The van der Waals surface area contributed by atoms with Crippen molar-refractivity contribution in [2.45, 2.75) is 51.2 Å². The zero-order chi connectivity index (χ0) is 33.1. The first kappa shape index (κ1) is 30.5. The van der Waals surface area contributed by atoms with Crippen LogP contribution in [0.5, 0.6) is 5.75 Å². The van der Waals surface area contributed by atoms with Gasteiger partial charge in [-0.05, 0) is 93.1 Å². The molecule has 6 aromatic rings. The van der Waals surface area contributed by atoms with Crippen LogP contribution >= 0.6 is 11.6 Å². The Kier molecular flexibility index (Phi) is 7.64. The van der Waals surface area contributed by atoms with E-state index in [0.29, 0.717) is 34.4 Å². The Morgan fingerprint density at radius 1 is 1.00 bits per heavy atom. The highest BCUT2D eigenvalue weighted by atomic mass is 35.5. The van der Waals surface area contributed by atoms with Crippen LogP contribution in [0, 0.1) is 5.92 Å². The van der Waals surface area contributed by atoms with Gasteiger partial charge in [0, 0.05) is 66.7 Å². The quantitative estimate of drug-likeness (QED) is 0.189. The molecule has 2 fully saturated rings. The lowest BCUT2D eigenvalue weighted by atomic mass is 9.99. The van der Waals surface area contributed by atoms with Crippen molar-refractivity contribution in [3.05, 3.63) is 77.7 Å². The van der Waals surface area contributed by atoms with Crippen molar-refractivity contribution in [2.75, 3.05) is 13.7 Å². The lowest BCUT2D eigenvalue weighted by molar-refractivity contribution is 0.0612. The van der Waals surface area contributed by atoms with E-state index < -0.39 is 0 Å². The molecule has 6 heterocycles. The second kappa shape index (κ2) is 12.0. The number of piperidine rings is 1. The van der Waals surface area contributed by atoms with Crippen molar-refractivity contribution in [3.8, 4) is 39.8 Å². The van der Waals surface area contributed by atoms with Gasteiger partial charge in [0.25, 0.3) is 5.91 Å². The number of nitrogens with zero attached hydrogens (tertiary/aromatic N) is 7. The number of hydrogen-bond donors (Lipinski definition) is 1. The van der Waals surface area contributed by atoms with Crippen LogP contribution in [0.15, 0.2) is 67.0 Å². The number of pyridine rings is 3. The minimum absolute atomic E-state index is 0.0161. The summed E-state index contributed by atoms with van der Waals surface area (Å²) in [6, 6.07) is 17.8. The number of rotatable bonds is 7. The van der Waals surface area contributed by atoms with Crippen LogP contribution in [0.1, 0.15) is 43.0 Å². The average molecular weight is 661 g/mol. The Balaban J connectivity index is 1.25. The molecule has 0 bridgehead atoms. The molecule has 2 aliphatic rings. The first-order valence-corrected chi connectivity index (χ1v) is 16.9. The first-order chi connectivity index (χ1) is 23.3. The molecule has 1 aromatic carbocycles. The Bertz CT molecular complexity index is 2200. The van der Waals surface area contributed by atoms with E-state index in [1.165, 1.54) is 12.8 Å². The number of hydrogen-bond acceptors (Lipinski definition) is 7. The van der Waals surface area contributed by atoms with Crippen LogP contribution in [0.4, 0.5) is 0 Å². The van der Waals surface area contributed by atoms with Crippen LogP contribution in [0.2, 0.25) is 5.15 Å². The predicted molar refractivity (Wildman–Crippen MR) is 188 cm³/mol. The Morgan fingerprint density at radius 2 is 1.79 bits per heavy atom. The standard InChI is InChI=1S/C37H37ClN8O2/c1-21-8-12-25(39)20-45(21)37(47)24-16-29-33(31(18-24)48-3)44(2)36(43-29)30-17-23-11-13-28(42-35(23)46(30)19-22-9-10-22)26-6-4-14-40-32(26)27-7-5-15-41-34(27)38/h4-7,11,13-18,21-22,25H,8-10,12,19-20,39H2,1-3H3/t21-,25+/m0/s1. The van der Waals surface area contributed by atoms with Crippen molar-refractivity contribution in [2.24, 2.45) is 18.7 Å². The average Bonchev–Trinajstić information content (AvgIpc) is 3.78. The molecule has 1 aliphatic heterocycles. The number of fused-ring (bicyclic) bond motifs is 2. The number of carbonyl (C=O) groups excluding carboxylic acids is 1. The van der Waals surface area contributed by atoms with Gasteiger partial charge in [-0.1, -0.05) is 11.6 Å². The fourth-order valence-corrected chi connectivity index (χ4v) is 7.21. The Hall–Kier alpha value is -4.80. The molecule has 11 heteroatoms. The van der Waals surface area contributed by atoms with Crippen LogP contribution in [-0.4, -0.2) is 65.6 Å². The van der Waals surface area contributed by atoms with Gasteiger partial charge < -0.3 is 24.5 Å². The fourth-order valence-electron chi connectivity index (χ4n) is 7.00. The van der Waals surface area contributed by atoms with Crippen LogP contribution < -0.4 is 10.5 Å². The molecule has 0 radical (unpaired) electrons. The second-order valence-corrected chi connectivity index (χ2v) is 13.5. The number of nitrogens with two attached hydrogens (primary N) is 1. The molecule has 48 heavy (non-hydrogen) atoms. The highest BCUT2D eigenvalue weighted by Crippen LogP contribution is 2.39. The molecule has 1 amide bonds. The summed E-state index contributed by atoms with van der Waals surface area (Å²) in [5.41, 5.74) is 13.4. The summed E-state index contributed by atoms with van der Waals surface area (Å²) in [4.78, 5) is 35.0. The topological polar surface area (TPSA) is 117 Å². The molecule has 5 aromatic heterocycles. The summed E-state index contributed by atoms with van der Waals surface area (Å²) in [7, 11) is 3.63. The smallest absolute Gasteiger partial charge is 0.254 e. The Labute approximate surface area is 283 Å². The zero-order valence-electron chi connectivity index (χ0n) is 27.2. The minimum Gasteiger partial charge on any atom is -0.494 e. The molecule has 0 spiro atoms. The molecule has 8 rings (SSSR count). The minimum atomic E-state index is -0.0491. The largest absolute Gasteiger partial charge is 0.494 e. The molecule has 1 saturated heterocycles. The summed E-state index contributed by atoms with van der Waals surface area (Å²) in [5, 5.41) is 1.42. The summed E-state index contributed by atoms with van der Waals surface area (Å²) < 4.78 is 10.2. The van der Waals surface area contributed by atoms with Crippen molar-refractivity contribution in [1.82, 2.24) is 34.0 Å². The van der Waals surface area contributed by atoms with Crippen molar-refractivity contribution in [1.29, 1.82) is 0 Å². The SMILES string of the molecule is COc1cc(C(=O)N2C[C@H](N)CC[C@@H]2C)cc2nc(-c3cc4ccc(-c5cccnc5-c5cccnc5Cl)nc4n3CC3CC3)n(C)c12. The number of halogens is 1. The van der Waals surface area contributed by atoms with Gasteiger partial charge in [0.15, 0.2) is 5.82 Å². The highest BCUT2D eigenvalue weighted by molar-refractivity contribution is 6.32. The molecular weight excluding hydrogens is 624 g/mol. The molecule has 1 aliphatic carbocycles. The maximum absolute atomic E-state index is 13.8. The van der Waals surface area contributed by atoms with E-state index in [2.05, 4.69) is 38.2 Å². The fraction of sp³-hybridized carbons (Fsp3) is 0.324. The van der Waals surface area contributed by atoms with Crippen LogP contribution in [0.3, 0.4) is 0 Å². The molecule has 10 nitrogen and oxygen atoms in total. The molecule has 0 unspecified atom stereocenters. The third kappa shape index (κ3) is 5.29. The third-order valence-electron chi connectivity index (χ3n) is 9.79. The van der Waals surface area contributed by atoms with Crippen molar-refractivity contribution >= 4 is 39.6 Å². The molecule has 2 N–H and O–H groups in total. The normalized spacial score (nSPS) is 18.1. The third-order valence-corrected chi connectivity index (χ3v) is 10.1. The van der Waals surface area contributed by atoms with Gasteiger partial charge in [0.1, 0.15) is 22.1 Å². The summed E-state index contributed by atoms with van der Waals surface area (Å²) in [6.45, 7) is 3.46. The summed E-state index contributed by atoms with van der Waals surface area (Å²) in [5.74, 6) is 1.92. The maximum Gasteiger partial charge on any atom is 0.254 e. The number of amides is 1. The number of ether oxygens (including phenoxy) is 1. The second-order valence-electron chi connectivity index (χ2n) is 13.1. The van der Waals surface area contributed by atoms with E-state index in [0.717, 1.165) is 70.0 Å². The van der Waals surface area contributed by atoms with E-state index in [-0.39, 0.29) is 18.0 Å². The van der Waals surface area contributed by atoms with Gasteiger partial charge in [0.2, 0.25) is 0 Å². The lowest BCUT2D eigenvalue weighted by Gasteiger charge is -2.36. The zero-order valence-corrected chi connectivity index (χ0v) is 28.0. The molecule has 244 valence electrons. The van der Waals surface area contributed by atoms with Gasteiger partial charge in [-0.25, -0.2) is 15.0 Å². The van der Waals surface area contributed by atoms with E-state index >= 15 is 0 Å².